The van der Waals surface area contributed by atoms with E-state index in [4.69, 9.17) is 23.8 Å². The second-order valence-electron chi connectivity index (χ2n) is 9.58. The van der Waals surface area contributed by atoms with Crippen molar-refractivity contribution in [2.24, 2.45) is 5.14 Å². The summed E-state index contributed by atoms with van der Waals surface area (Å²) in [4.78, 5) is 18.0. The van der Waals surface area contributed by atoms with Crippen molar-refractivity contribution in [3.05, 3.63) is 108 Å². The molecule has 9 nitrogen and oxygen atoms in total. The fourth-order valence-electron chi connectivity index (χ4n) is 4.93. The molecule has 1 atom stereocenters. The van der Waals surface area contributed by atoms with Crippen LogP contribution in [0.2, 0.25) is 0 Å². The molecule has 0 amide bonds. The number of hydrogen-bond acceptors (Lipinski definition) is 8. The smallest absolute Gasteiger partial charge is 0.238 e. The zero-order chi connectivity index (χ0) is 28.2. The molecule has 1 unspecified atom stereocenters. The predicted octanol–water partition coefficient (Wildman–Crippen LogP) is 4.78. The molecule has 40 heavy (non-hydrogen) atoms. The first kappa shape index (κ1) is 27.9. The minimum atomic E-state index is -3.86. The van der Waals surface area contributed by atoms with Gasteiger partial charge in [0, 0.05) is 38.7 Å². The normalized spacial score (nSPS) is 15.9. The number of methoxy groups -OCH3 is 1. The van der Waals surface area contributed by atoms with Gasteiger partial charge in [-0.2, -0.15) is 0 Å². The lowest BCUT2D eigenvalue weighted by molar-refractivity contribution is -0.0948. The van der Waals surface area contributed by atoms with Crippen LogP contribution in [0.3, 0.4) is 0 Å². The van der Waals surface area contributed by atoms with Gasteiger partial charge in [0.1, 0.15) is 6.10 Å². The third kappa shape index (κ3) is 5.91. The number of nitrogens with zero attached hydrogens (tertiary/aromatic N) is 1. The first-order valence-electron chi connectivity index (χ1n) is 12.8. The zero-order valence-electron chi connectivity index (χ0n) is 22.0. The summed E-state index contributed by atoms with van der Waals surface area (Å²) >= 11 is 0. The largest absolute Gasteiger partial charge is 0.443 e. The Morgan fingerprint density at radius 3 is 2.42 bits per heavy atom. The topological polar surface area (TPSA) is 131 Å². The number of aromatic nitrogens is 1. The van der Waals surface area contributed by atoms with Gasteiger partial charge in [-0.3, -0.25) is 4.79 Å². The van der Waals surface area contributed by atoms with Crippen LogP contribution in [0.25, 0.3) is 11.3 Å². The number of ketones is 1. The van der Waals surface area contributed by atoms with Gasteiger partial charge < -0.3 is 18.6 Å². The summed E-state index contributed by atoms with van der Waals surface area (Å²) in [7, 11) is -2.14. The van der Waals surface area contributed by atoms with Gasteiger partial charge in [0.2, 0.25) is 15.8 Å². The Hall–Kier alpha value is -3.67. The first-order chi connectivity index (χ1) is 19.3. The molecule has 10 heteroatoms. The molecular formula is C30H30N2O7S. The molecule has 1 aliphatic heterocycles. The Labute approximate surface area is 232 Å². The standard InChI is InChI=1S/C30H30N2O7S/c1-36-30(14-16-37-17-15-30)24-9-5-6-21(18-24)19-38-29(22-7-3-2-4-8-22)27(33)26-28(39-20-32-26)23-10-12-25(13-11-23)40(31,34)35/h2-13,18,20,29H,14-17,19H2,1H3,(H2,31,34,35). The van der Waals surface area contributed by atoms with Gasteiger partial charge in [0.05, 0.1) is 17.1 Å². The molecule has 4 aromatic rings. The van der Waals surface area contributed by atoms with Crippen molar-refractivity contribution < 1.29 is 31.8 Å². The van der Waals surface area contributed by atoms with E-state index in [1.807, 2.05) is 48.5 Å². The van der Waals surface area contributed by atoms with Gasteiger partial charge in [-0.05, 0) is 41.0 Å². The average molecular weight is 563 g/mol. The van der Waals surface area contributed by atoms with E-state index < -0.39 is 21.7 Å². The monoisotopic (exact) mass is 562 g/mol. The lowest BCUT2D eigenvalue weighted by Crippen LogP contribution is -2.35. The van der Waals surface area contributed by atoms with Crippen LogP contribution in [0.15, 0.2) is 94.6 Å². The Kier molecular flexibility index (Phi) is 8.24. The summed E-state index contributed by atoms with van der Waals surface area (Å²) in [6.07, 6.45) is 1.73. The molecule has 1 aliphatic rings. The molecule has 0 bridgehead atoms. The predicted molar refractivity (Wildman–Crippen MR) is 147 cm³/mol. The van der Waals surface area contributed by atoms with Crippen molar-refractivity contribution in [1.82, 2.24) is 4.98 Å². The van der Waals surface area contributed by atoms with E-state index in [0.717, 1.165) is 24.0 Å². The van der Waals surface area contributed by atoms with E-state index in [9.17, 15) is 13.2 Å². The van der Waals surface area contributed by atoms with Crippen molar-refractivity contribution in [1.29, 1.82) is 0 Å². The minimum Gasteiger partial charge on any atom is -0.443 e. The number of oxazole rings is 1. The molecular weight excluding hydrogens is 532 g/mol. The number of rotatable bonds is 10. The highest BCUT2D eigenvalue weighted by molar-refractivity contribution is 7.89. The number of benzene rings is 3. The van der Waals surface area contributed by atoms with Crippen LogP contribution in [0, 0.1) is 0 Å². The fraction of sp³-hybridized carbons (Fsp3) is 0.267. The van der Waals surface area contributed by atoms with Crippen molar-refractivity contribution in [2.45, 2.75) is 36.0 Å². The van der Waals surface area contributed by atoms with Crippen molar-refractivity contribution in [2.75, 3.05) is 20.3 Å². The Morgan fingerprint density at radius 2 is 1.75 bits per heavy atom. The van der Waals surface area contributed by atoms with Gasteiger partial charge in [0.25, 0.3) is 0 Å². The summed E-state index contributed by atoms with van der Waals surface area (Å²) in [5, 5.41) is 5.21. The number of nitrogens with two attached hydrogens (primary N) is 1. The fourth-order valence-corrected chi connectivity index (χ4v) is 5.45. The lowest BCUT2D eigenvalue weighted by Gasteiger charge is -2.36. The van der Waals surface area contributed by atoms with Crippen molar-refractivity contribution >= 4 is 15.8 Å². The SMILES string of the molecule is COC1(c2cccc(COC(C(=O)c3ncoc3-c3ccc(S(N)(=O)=O)cc3)c3ccccc3)c2)CCOCC1. The number of Topliss-reactive ketones (excluding diaryl/α,β-unsaturated/α-hetero) is 1. The van der Waals surface area contributed by atoms with Crippen molar-refractivity contribution in [3.63, 3.8) is 0 Å². The van der Waals surface area contributed by atoms with Crippen LogP contribution in [0.1, 0.15) is 46.1 Å². The average Bonchev–Trinajstić information content (AvgIpc) is 3.48. The Bertz CT molecular complexity index is 1560. The highest BCUT2D eigenvalue weighted by atomic mass is 32.2. The number of carbonyl (C=O) groups excluding carboxylic acids is 1. The van der Waals surface area contributed by atoms with Gasteiger partial charge in [0.15, 0.2) is 17.8 Å². The Morgan fingerprint density at radius 1 is 1.02 bits per heavy atom. The van der Waals surface area contributed by atoms with E-state index in [0.29, 0.717) is 24.3 Å². The summed E-state index contributed by atoms with van der Waals surface area (Å²) in [5.41, 5.74) is 2.74. The van der Waals surface area contributed by atoms with E-state index >= 15 is 0 Å². The molecule has 1 fully saturated rings. The number of carbonyl (C=O) groups is 1. The van der Waals surface area contributed by atoms with E-state index in [1.54, 1.807) is 7.11 Å². The van der Waals surface area contributed by atoms with Crippen LogP contribution >= 0.6 is 0 Å². The maximum Gasteiger partial charge on any atom is 0.238 e. The van der Waals surface area contributed by atoms with Gasteiger partial charge >= 0.3 is 0 Å². The lowest BCUT2D eigenvalue weighted by atomic mass is 9.85. The summed E-state index contributed by atoms with van der Waals surface area (Å²) in [5.74, 6) is -0.182. The van der Waals surface area contributed by atoms with Gasteiger partial charge in [-0.15, -0.1) is 0 Å². The molecule has 0 radical (unpaired) electrons. The molecule has 0 saturated carbocycles. The molecule has 3 aromatic carbocycles. The maximum atomic E-state index is 13.9. The number of primary sulfonamides is 1. The van der Waals surface area contributed by atoms with Crippen molar-refractivity contribution in [3.8, 4) is 11.3 Å². The quantitative estimate of drug-likeness (QED) is 0.273. The summed E-state index contributed by atoms with van der Waals surface area (Å²) < 4.78 is 46.6. The molecule has 0 aliphatic carbocycles. The number of hydrogen-bond donors (Lipinski definition) is 1. The van der Waals surface area contributed by atoms with Crippen LogP contribution < -0.4 is 5.14 Å². The van der Waals surface area contributed by atoms with Crippen LogP contribution in [0.4, 0.5) is 0 Å². The van der Waals surface area contributed by atoms with Crippen LogP contribution in [0.5, 0.6) is 0 Å². The molecule has 1 saturated heterocycles. The highest BCUT2D eigenvalue weighted by Crippen LogP contribution is 2.36. The zero-order valence-corrected chi connectivity index (χ0v) is 22.8. The summed E-state index contributed by atoms with van der Waals surface area (Å²) in [6.45, 7) is 1.43. The first-order valence-corrected chi connectivity index (χ1v) is 14.4. The molecule has 2 heterocycles. The van der Waals surface area contributed by atoms with Crippen LogP contribution in [-0.4, -0.2) is 39.5 Å². The van der Waals surface area contributed by atoms with Gasteiger partial charge in [-0.1, -0.05) is 54.6 Å². The molecule has 2 N–H and O–H groups in total. The second kappa shape index (κ2) is 11.8. The van der Waals surface area contributed by atoms with Crippen LogP contribution in [-0.2, 0) is 36.4 Å². The number of sulfonamides is 1. The Balaban J connectivity index is 1.42. The number of ether oxygens (including phenoxy) is 3. The minimum absolute atomic E-state index is 0.0487. The third-order valence-electron chi connectivity index (χ3n) is 7.15. The second-order valence-corrected chi connectivity index (χ2v) is 11.1. The van der Waals surface area contributed by atoms with E-state index in [-0.39, 0.29) is 28.7 Å². The van der Waals surface area contributed by atoms with E-state index in [1.165, 1.54) is 30.7 Å². The third-order valence-corrected chi connectivity index (χ3v) is 8.08. The van der Waals surface area contributed by atoms with Gasteiger partial charge in [-0.25, -0.2) is 18.5 Å². The highest BCUT2D eigenvalue weighted by Gasteiger charge is 2.35. The molecule has 0 spiro atoms. The molecule has 208 valence electrons. The molecule has 1 aromatic heterocycles. The maximum absolute atomic E-state index is 13.9. The van der Waals surface area contributed by atoms with E-state index in [2.05, 4.69) is 11.1 Å². The molecule has 5 rings (SSSR count). The summed E-state index contributed by atoms with van der Waals surface area (Å²) in [6, 6.07) is 22.9.